The largest absolute Gasteiger partial charge is 0.348 e. The van der Waals surface area contributed by atoms with Crippen LogP contribution in [0.1, 0.15) is 47.7 Å². The molecule has 7 heteroatoms. The van der Waals surface area contributed by atoms with Gasteiger partial charge in [0.25, 0.3) is 5.91 Å². The molecule has 0 fully saturated rings. The van der Waals surface area contributed by atoms with Gasteiger partial charge < -0.3 is 14.4 Å². The number of rotatable bonds is 4. The molecule has 0 saturated carbocycles. The third-order valence-corrected chi connectivity index (χ3v) is 6.84. The molecule has 0 radical (unpaired) electrons. The fourth-order valence-electron chi connectivity index (χ4n) is 4.05. The number of hydrogen-bond donors (Lipinski definition) is 0. The first-order chi connectivity index (χ1) is 14.8. The number of carbonyl (C=O) groups excluding carboxylic acids is 2. The molecule has 1 aliphatic rings. The molecule has 0 N–H and O–H groups in total. The number of thiophene rings is 1. The maximum absolute atomic E-state index is 13.6. The van der Waals surface area contributed by atoms with Crippen LogP contribution < -0.4 is 0 Å². The molecule has 3 heterocycles. The van der Waals surface area contributed by atoms with Gasteiger partial charge in [0.15, 0.2) is 0 Å². The molecule has 2 aromatic heterocycles. The van der Waals surface area contributed by atoms with Gasteiger partial charge in [-0.15, -0.1) is 11.3 Å². The van der Waals surface area contributed by atoms with E-state index in [9.17, 15) is 9.59 Å². The molecule has 0 aliphatic carbocycles. The number of amides is 2. The summed E-state index contributed by atoms with van der Waals surface area (Å²) in [6, 6.07) is 15.0. The van der Waals surface area contributed by atoms with Gasteiger partial charge in [-0.25, -0.2) is 0 Å². The van der Waals surface area contributed by atoms with E-state index >= 15 is 0 Å². The molecule has 3 aromatic rings. The van der Waals surface area contributed by atoms with E-state index in [0.29, 0.717) is 23.0 Å². The summed E-state index contributed by atoms with van der Waals surface area (Å²) >= 11 is 7.94. The average molecular weight is 456 g/mol. The van der Waals surface area contributed by atoms with Crippen molar-refractivity contribution in [2.24, 2.45) is 0 Å². The minimum absolute atomic E-state index is 0.0158. The van der Waals surface area contributed by atoms with E-state index in [-0.39, 0.29) is 24.4 Å². The quantitative estimate of drug-likeness (QED) is 0.551. The predicted molar refractivity (Wildman–Crippen MR) is 125 cm³/mol. The van der Waals surface area contributed by atoms with E-state index in [1.165, 1.54) is 11.3 Å². The fourth-order valence-corrected chi connectivity index (χ4v) is 4.96. The van der Waals surface area contributed by atoms with Gasteiger partial charge in [-0.3, -0.25) is 9.59 Å². The van der Waals surface area contributed by atoms with Crippen molar-refractivity contribution in [1.82, 2.24) is 14.4 Å². The lowest BCUT2D eigenvalue weighted by Gasteiger charge is -2.41. The molecule has 4 rings (SSSR count). The Morgan fingerprint density at radius 2 is 1.87 bits per heavy atom. The first kappa shape index (κ1) is 21.7. The lowest BCUT2D eigenvalue weighted by Crippen LogP contribution is -2.53. The standard InChI is InChI=1S/C24H26ClN3O2S/c1-24(2,3)28(23(30)20-11-7-15-31-20)16-21(29)27-14-13-26-12-6-10-19(26)22(27)17-8-4-5-9-18(17)25/h4-12,15,22H,13-14,16H2,1-3H3/t22-/m0/s1. The molecule has 31 heavy (non-hydrogen) atoms. The third kappa shape index (κ3) is 4.27. The zero-order valence-electron chi connectivity index (χ0n) is 17.9. The summed E-state index contributed by atoms with van der Waals surface area (Å²) in [6.07, 6.45) is 2.03. The summed E-state index contributed by atoms with van der Waals surface area (Å²) in [5, 5.41) is 2.50. The Bertz CT molecular complexity index is 1080. The van der Waals surface area contributed by atoms with Crippen molar-refractivity contribution in [2.45, 2.75) is 38.9 Å². The van der Waals surface area contributed by atoms with Crippen LogP contribution in [0.25, 0.3) is 0 Å². The maximum atomic E-state index is 13.6. The molecule has 1 aliphatic heterocycles. The molecule has 1 atom stereocenters. The Morgan fingerprint density at radius 1 is 1.10 bits per heavy atom. The van der Waals surface area contributed by atoms with E-state index in [1.807, 2.05) is 79.7 Å². The molecule has 1 aromatic carbocycles. The van der Waals surface area contributed by atoms with Crippen LogP contribution in [-0.2, 0) is 11.3 Å². The van der Waals surface area contributed by atoms with Crippen molar-refractivity contribution < 1.29 is 9.59 Å². The number of nitrogens with zero attached hydrogens (tertiary/aromatic N) is 3. The molecular weight excluding hydrogens is 430 g/mol. The number of halogens is 1. The third-order valence-electron chi connectivity index (χ3n) is 5.64. The number of hydrogen-bond acceptors (Lipinski definition) is 3. The zero-order chi connectivity index (χ0) is 22.2. The van der Waals surface area contributed by atoms with Crippen molar-refractivity contribution in [1.29, 1.82) is 0 Å². The van der Waals surface area contributed by atoms with Crippen molar-refractivity contribution in [3.8, 4) is 0 Å². The van der Waals surface area contributed by atoms with Gasteiger partial charge in [0.1, 0.15) is 6.54 Å². The Morgan fingerprint density at radius 3 is 2.55 bits per heavy atom. The van der Waals surface area contributed by atoms with Gasteiger partial charge >= 0.3 is 0 Å². The summed E-state index contributed by atoms with van der Waals surface area (Å²) in [5.74, 6) is -0.206. The normalized spacial score (nSPS) is 16.1. The topological polar surface area (TPSA) is 45.6 Å². The van der Waals surface area contributed by atoms with E-state index in [1.54, 1.807) is 11.0 Å². The van der Waals surface area contributed by atoms with Crippen LogP contribution in [0.3, 0.4) is 0 Å². The lowest BCUT2D eigenvalue weighted by molar-refractivity contribution is -0.135. The number of benzene rings is 1. The second-order valence-electron chi connectivity index (χ2n) is 8.68. The smallest absolute Gasteiger partial charge is 0.264 e. The van der Waals surface area contributed by atoms with E-state index in [2.05, 4.69) is 4.57 Å². The van der Waals surface area contributed by atoms with E-state index in [0.717, 1.165) is 11.3 Å². The van der Waals surface area contributed by atoms with Gasteiger partial charge in [-0.1, -0.05) is 35.9 Å². The Hall–Kier alpha value is -2.57. The van der Waals surface area contributed by atoms with Crippen LogP contribution in [0.2, 0.25) is 5.02 Å². The molecule has 0 spiro atoms. The zero-order valence-corrected chi connectivity index (χ0v) is 19.5. The highest BCUT2D eigenvalue weighted by Gasteiger charge is 2.37. The van der Waals surface area contributed by atoms with Crippen LogP contribution in [0.5, 0.6) is 0 Å². The summed E-state index contributed by atoms with van der Waals surface area (Å²) in [7, 11) is 0. The van der Waals surface area contributed by atoms with Crippen LogP contribution in [0.4, 0.5) is 0 Å². The van der Waals surface area contributed by atoms with Crippen molar-refractivity contribution in [3.05, 3.63) is 81.3 Å². The highest BCUT2D eigenvalue weighted by molar-refractivity contribution is 7.12. The highest BCUT2D eigenvalue weighted by Crippen LogP contribution is 2.36. The predicted octanol–water partition coefficient (Wildman–Crippen LogP) is 5.08. The maximum Gasteiger partial charge on any atom is 0.264 e. The highest BCUT2D eigenvalue weighted by atomic mass is 35.5. The Balaban J connectivity index is 1.67. The number of carbonyl (C=O) groups is 2. The van der Waals surface area contributed by atoms with Gasteiger partial charge in [0.2, 0.25) is 5.91 Å². The summed E-state index contributed by atoms with van der Waals surface area (Å²) < 4.78 is 2.16. The second kappa shape index (κ2) is 8.52. The van der Waals surface area contributed by atoms with Crippen LogP contribution in [-0.4, -0.2) is 44.8 Å². The van der Waals surface area contributed by atoms with E-state index in [4.69, 9.17) is 11.6 Å². The SMILES string of the molecule is CC(C)(C)N(CC(=O)N1CCn2cccc2[C@@H]1c1ccccc1Cl)C(=O)c1cccs1. The Labute approximate surface area is 191 Å². The monoisotopic (exact) mass is 455 g/mol. The van der Waals surface area contributed by atoms with Crippen LogP contribution in [0, 0.1) is 0 Å². The van der Waals surface area contributed by atoms with Gasteiger partial charge in [0.05, 0.1) is 10.9 Å². The first-order valence-electron chi connectivity index (χ1n) is 10.3. The lowest BCUT2D eigenvalue weighted by atomic mass is 9.99. The molecule has 0 unspecified atom stereocenters. The fraction of sp³-hybridized carbons (Fsp3) is 0.333. The molecule has 0 saturated heterocycles. The van der Waals surface area contributed by atoms with Gasteiger partial charge in [0, 0.05) is 35.5 Å². The minimum atomic E-state index is -0.493. The first-order valence-corrected chi connectivity index (χ1v) is 11.6. The van der Waals surface area contributed by atoms with E-state index < -0.39 is 5.54 Å². The minimum Gasteiger partial charge on any atom is -0.348 e. The van der Waals surface area contributed by atoms with Crippen molar-refractivity contribution >= 4 is 34.8 Å². The second-order valence-corrected chi connectivity index (χ2v) is 10.0. The molecule has 0 bridgehead atoms. The molecule has 162 valence electrons. The van der Waals surface area contributed by atoms with Crippen molar-refractivity contribution in [2.75, 3.05) is 13.1 Å². The molecule has 2 amide bonds. The van der Waals surface area contributed by atoms with Gasteiger partial charge in [-0.2, -0.15) is 0 Å². The van der Waals surface area contributed by atoms with Crippen LogP contribution >= 0.6 is 22.9 Å². The van der Waals surface area contributed by atoms with Crippen LogP contribution in [0.15, 0.2) is 60.1 Å². The summed E-state index contributed by atoms with van der Waals surface area (Å²) in [5.41, 5.74) is 1.43. The molecule has 5 nitrogen and oxygen atoms in total. The number of aromatic nitrogens is 1. The molecular formula is C24H26ClN3O2S. The number of fused-ring (bicyclic) bond motifs is 1. The van der Waals surface area contributed by atoms with Crippen molar-refractivity contribution in [3.63, 3.8) is 0 Å². The average Bonchev–Trinajstić information content (AvgIpc) is 3.42. The Kier molecular flexibility index (Phi) is 5.95. The van der Waals surface area contributed by atoms with Gasteiger partial charge in [-0.05, 0) is 56.0 Å². The summed E-state index contributed by atoms with van der Waals surface area (Å²) in [4.78, 5) is 31.0. The summed E-state index contributed by atoms with van der Waals surface area (Å²) in [6.45, 7) is 7.16.